The zero-order chi connectivity index (χ0) is 16.8. The first-order valence-corrected chi connectivity index (χ1v) is 10.4. The van der Waals surface area contributed by atoms with Gasteiger partial charge >= 0.3 is 0 Å². The van der Waals surface area contributed by atoms with Gasteiger partial charge in [-0.15, -0.1) is 11.8 Å². The van der Waals surface area contributed by atoms with Crippen LogP contribution >= 0.6 is 11.8 Å². The lowest BCUT2D eigenvalue weighted by molar-refractivity contribution is -0.139. The fourth-order valence-corrected chi connectivity index (χ4v) is 4.75. The molecule has 3 rings (SSSR count). The molecular weight excluding hydrogens is 326 g/mol. The number of hydrogen-bond acceptors (Lipinski definition) is 5. The second-order valence-electron chi connectivity index (χ2n) is 6.90. The second-order valence-corrected chi connectivity index (χ2v) is 7.93. The van der Waals surface area contributed by atoms with E-state index in [0.717, 1.165) is 51.3 Å². The number of piperazine rings is 1. The molecular formula is C17H29N3O3S. The summed E-state index contributed by atoms with van der Waals surface area (Å²) in [7, 11) is 0. The van der Waals surface area contributed by atoms with Gasteiger partial charge in [-0.1, -0.05) is 0 Å². The van der Waals surface area contributed by atoms with Gasteiger partial charge in [-0.25, -0.2) is 0 Å². The molecule has 0 aromatic carbocycles. The average Bonchev–Trinajstić information content (AvgIpc) is 2.63. The fraction of sp³-hybridized carbons (Fsp3) is 0.882. The Balaban J connectivity index is 1.41. The predicted octanol–water partition coefficient (Wildman–Crippen LogP) is 0.712. The zero-order valence-electron chi connectivity index (χ0n) is 14.4. The number of nitrogens with one attached hydrogen (secondary N) is 1. The van der Waals surface area contributed by atoms with E-state index in [4.69, 9.17) is 4.74 Å². The van der Waals surface area contributed by atoms with Gasteiger partial charge in [0, 0.05) is 44.6 Å². The Labute approximate surface area is 148 Å². The molecule has 24 heavy (non-hydrogen) atoms. The summed E-state index contributed by atoms with van der Waals surface area (Å²) in [6.07, 6.45) is 5.86. The molecule has 0 bridgehead atoms. The number of ether oxygens (including phenoxy) is 1. The van der Waals surface area contributed by atoms with Crippen LogP contribution in [0.1, 0.15) is 32.1 Å². The summed E-state index contributed by atoms with van der Waals surface area (Å²) in [5.74, 6) is 1.83. The molecule has 2 unspecified atom stereocenters. The van der Waals surface area contributed by atoms with Crippen molar-refractivity contribution in [3.63, 3.8) is 0 Å². The zero-order valence-corrected chi connectivity index (χ0v) is 15.2. The van der Waals surface area contributed by atoms with Crippen molar-refractivity contribution in [1.82, 2.24) is 15.1 Å². The van der Waals surface area contributed by atoms with Gasteiger partial charge in [0.15, 0.2) is 0 Å². The monoisotopic (exact) mass is 355 g/mol. The number of amides is 2. The molecule has 2 amide bonds. The lowest BCUT2D eigenvalue weighted by atomic mass is 10.0. The van der Waals surface area contributed by atoms with Crippen LogP contribution in [0.15, 0.2) is 0 Å². The van der Waals surface area contributed by atoms with Crippen molar-refractivity contribution >= 4 is 23.6 Å². The van der Waals surface area contributed by atoms with Crippen LogP contribution in [0.4, 0.5) is 0 Å². The summed E-state index contributed by atoms with van der Waals surface area (Å²) >= 11 is 1.69. The topological polar surface area (TPSA) is 61.9 Å². The number of piperidine rings is 1. The lowest BCUT2D eigenvalue weighted by Gasteiger charge is -2.41. The Morgan fingerprint density at radius 1 is 1.25 bits per heavy atom. The van der Waals surface area contributed by atoms with Crippen LogP contribution in [0.5, 0.6) is 0 Å². The third-order valence-corrected chi connectivity index (χ3v) is 6.18. The van der Waals surface area contributed by atoms with E-state index in [1.165, 1.54) is 12.8 Å². The summed E-state index contributed by atoms with van der Waals surface area (Å²) in [5, 5.41) is 3.11. The maximum atomic E-state index is 12.5. The third kappa shape index (κ3) is 4.86. The summed E-state index contributed by atoms with van der Waals surface area (Å²) in [4.78, 5) is 28.5. The summed E-state index contributed by atoms with van der Waals surface area (Å²) in [6, 6.07) is 0.198. The number of likely N-dealkylation sites (tertiary alicyclic amines) is 1. The molecule has 136 valence electrons. The molecule has 0 radical (unpaired) electrons. The standard InChI is InChI=1S/C17H29N3O3S/c21-16-10-18-6-8-20(16)14-4-3-7-19(11-14)17(22)13-24-12-15-5-1-2-9-23-15/h14-15,18H,1-13H2. The minimum absolute atomic E-state index is 0.171. The van der Waals surface area contributed by atoms with Crippen molar-refractivity contribution in [3.05, 3.63) is 0 Å². The van der Waals surface area contributed by atoms with Crippen molar-refractivity contribution in [2.75, 3.05) is 50.8 Å². The Hall–Kier alpha value is -0.790. The van der Waals surface area contributed by atoms with E-state index in [0.29, 0.717) is 24.9 Å². The third-order valence-electron chi connectivity index (χ3n) is 5.12. The Bertz CT molecular complexity index is 443. The predicted molar refractivity (Wildman–Crippen MR) is 95.1 cm³/mol. The molecule has 1 N–H and O–H groups in total. The molecule has 3 aliphatic heterocycles. The van der Waals surface area contributed by atoms with Gasteiger partial charge in [-0.05, 0) is 32.1 Å². The quantitative estimate of drug-likeness (QED) is 0.787. The molecule has 0 aliphatic carbocycles. The minimum Gasteiger partial charge on any atom is -0.377 e. The molecule has 3 fully saturated rings. The van der Waals surface area contributed by atoms with Crippen LogP contribution in [-0.2, 0) is 14.3 Å². The molecule has 0 aromatic heterocycles. The van der Waals surface area contributed by atoms with Crippen molar-refractivity contribution in [1.29, 1.82) is 0 Å². The first-order chi connectivity index (χ1) is 11.7. The molecule has 0 saturated carbocycles. The highest BCUT2D eigenvalue weighted by Gasteiger charge is 2.31. The molecule has 3 saturated heterocycles. The van der Waals surface area contributed by atoms with Crippen LogP contribution in [0, 0.1) is 0 Å². The van der Waals surface area contributed by atoms with Gasteiger partial charge in [-0.2, -0.15) is 0 Å². The number of rotatable bonds is 5. The first-order valence-electron chi connectivity index (χ1n) is 9.21. The van der Waals surface area contributed by atoms with Crippen LogP contribution < -0.4 is 5.32 Å². The molecule has 6 nitrogen and oxygen atoms in total. The van der Waals surface area contributed by atoms with Crippen molar-refractivity contribution in [3.8, 4) is 0 Å². The van der Waals surface area contributed by atoms with E-state index >= 15 is 0 Å². The van der Waals surface area contributed by atoms with E-state index in [9.17, 15) is 9.59 Å². The highest BCUT2D eigenvalue weighted by molar-refractivity contribution is 7.99. The van der Waals surface area contributed by atoms with Crippen molar-refractivity contribution in [2.24, 2.45) is 0 Å². The number of nitrogens with zero attached hydrogens (tertiary/aromatic N) is 2. The van der Waals surface area contributed by atoms with E-state index in [-0.39, 0.29) is 17.9 Å². The van der Waals surface area contributed by atoms with Crippen molar-refractivity contribution in [2.45, 2.75) is 44.2 Å². The van der Waals surface area contributed by atoms with E-state index < -0.39 is 0 Å². The normalized spacial score (nSPS) is 28.9. The molecule has 3 heterocycles. The van der Waals surface area contributed by atoms with Crippen LogP contribution in [0.3, 0.4) is 0 Å². The van der Waals surface area contributed by atoms with Gasteiger partial charge in [-0.3, -0.25) is 9.59 Å². The maximum Gasteiger partial charge on any atom is 0.236 e. The van der Waals surface area contributed by atoms with Crippen LogP contribution in [0.2, 0.25) is 0 Å². The Morgan fingerprint density at radius 2 is 2.17 bits per heavy atom. The molecule has 2 atom stereocenters. The maximum absolute atomic E-state index is 12.5. The highest BCUT2D eigenvalue weighted by atomic mass is 32.2. The number of carbonyl (C=O) groups excluding carboxylic acids is 2. The van der Waals surface area contributed by atoms with Gasteiger partial charge in [0.1, 0.15) is 0 Å². The Morgan fingerprint density at radius 3 is 2.96 bits per heavy atom. The molecule has 0 aromatic rings. The lowest BCUT2D eigenvalue weighted by Crippen LogP contribution is -2.57. The van der Waals surface area contributed by atoms with Crippen LogP contribution in [0.25, 0.3) is 0 Å². The van der Waals surface area contributed by atoms with Gasteiger partial charge < -0.3 is 19.9 Å². The van der Waals surface area contributed by atoms with Gasteiger partial charge in [0.2, 0.25) is 11.8 Å². The fourth-order valence-electron chi connectivity index (χ4n) is 3.75. The number of hydrogen-bond donors (Lipinski definition) is 1. The molecule has 3 aliphatic rings. The number of thioether (sulfide) groups is 1. The highest BCUT2D eigenvalue weighted by Crippen LogP contribution is 2.20. The van der Waals surface area contributed by atoms with Gasteiger partial charge in [0.05, 0.1) is 18.4 Å². The smallest absolute Gasteiger partial charge is 0.236 e. The molecule has 0 spiro atoms. The average molecular weight is 356 g/mol. The van der Waals surface area contributed by atoms with Crippen LogP contribution in [-0.4, -0.2) is 84.6 Å². The summed E-state index contributed by atoms with van der Waals surface area (Å²) in [6.45, 7) is 4.45. The SMILES string of the molecule is O=C(CSCC1CCCCO1)N1CCCC(N2CCNCC2=O)C1. The first kappa shape index (κ1) is 18.0. The largest absolute Gasteiger partial charge is 0.377 e. The van der Waals surface area contributed by atoms with Gasteiger partial charge in [0.25, 0.3) is 0 Å². The van der Waals surface area contributed by atoms with E-state index in [1.54, 1.807) is 11.8 Å². The second kappa shape index (κ2) is 9.06. The Kier molecular flexibility index (Phi) is 6.80. The summed E-state index contributed by atoms with van der Waals surface area (Å²) < 4.78 is 5.72. The van der Waals surface area contributed by atoms with Crippen molar-refractivity contribution < 1.29 is 14.3 Å². The minimum atomic E-state index is 0.171. The summed E-state index contributed by atoms with van der Waals surface area (Å²) in [5.41, 5.74) is 0. The van der Waals surface area contributed by atoms with E-state index in [2.05, 4.69) is 5.32 Å². The van der Waals surface area contributed by atoms with E-state index in [1.807, 2.05) is 9.80 Å². The number of carbonyl (C=O) groups is 2. The molecule has 7 heteroatoms.